The summed E-state index contributed by atoms with van der Waals surface area (Å²) < 4.78 is 1.74. The van der Waals surface area contributed by atoms with Gasteiger partial charge in [-0.3, -0.25) is 9.20 Å². The average Bonchev–Trinajstić information content (AvgIpc) is 2.94. The number of fused-ring (bicyclic) bond motifs is 1. The molecule has 0 radical (unpaired) electrons. The minimum Gasteiger partial charge on any atom is -0.399 e. The Hall–Kier alpha value is -2.53. The molecule has 2 aromatic heterocycles. The van der Waals surface area contributed by atoms with E-state index in [2.05, 4.69) is 10.3 Å². The molecule has 2 heterocycles. The molecule has 0 aliphatic rings. The fourth-order valence-electron chi connectivity index (χ4n) is 2.47. The number of halogens is 1. The van der Waals surface area contributed by atoms with E-state index in [9.17, 15) is 4.79 Å². The lowest BCUT2D eigenvalue weighted by Crippen LogP contribution is -2.25. The third kappa shape index (κ3) is 3.00. The molecule has 0 unspecified atom stereocenters. The monoisotopic (exact) mass is 328 g/mol. The molecule has 3 rings (SSSR count). The molecule has 3 N–H and O–H groups in total. The van der Waals surface area contributed by atoms with Gasteiger partial charge in [0, 0.05) is 18.4 Å². The maximum Gasteiger partial charge on any atom is 0.270 e. The average molecular weight is 329 g/mol. The number of anilines is 1. The number of nitrogens with zero attached hydrogens (tertiary/aromatic N) is 2. The molecule has 5 nitrogen and oxygen atoms in total. The predicted octanol–water partition coefficient (Wildman–Crippen LogP) is 3.06. The highest BCUT2D eigenvalue weighted by Gasteiger charge is 2.19. The number of benzene rings is 1. The van der Waals surface area contributed by atoms with E-state index in [4.69, 9.17) is 17.3 Å². The number of amides is 1. The molecule has 0 atom stereocenters. The van der Waals surface area contributed by atoms with E-state index < -0.39 is 0 Å². The van der Waals surface area contributed by atoms with Gasteiger partial charge in [0.2, 0.25) is 0 Å². The first-order valence-corrected chi connectivity index (χ1v) is 7.76. The Morgan fingerprint density at radius 2 is 2.04 bits per heavy atom. The van der Waals surface area contributed by atoms with E-state index in [1.807, 2.05) is 31.2 Å². The quantitative estimate of drug-likeness (QED) is 0.723. The Bertz CT molecular complexity index is 855. The van der Waals surface area contributed by atoms with Crippen LogP contribution in [0.5, 0.6) is 0 Å². The second-order valence-electron chi connectivity index (χ2n) is 5.23. The molecule has 0 saturated carbocycles. The lowest BCUT2D eigenvalue weighted by atomic mass is 10.2. The number of hydrogen-bond acceptors (Lipinski definition) is 3. The molecule has 0 aliphatic heterocycles. The molecule has 0 bridgehead atoms. The normalized spacial score (nSPS) is 10.9. The van der Waals surface area contributed by atoms with Gasteiger partial charge < -0.3 is 11.1 Å². The summed E-state index contributed by atoms with van der Waals surface area (Å²) in [4.78, 5) is 17.1. The van der Waals surface area contributed by atoms with Crippen LogP contribution >= 0.6 is 11.6 Å². The van der Waals surface area contributed by atoms with Gasteiger partial charge in [0.1, 0.15) is 5.69 Å². The van der Waals surface area contributed by atoms with Crippen molar-refractivity contribution in [2.24, 2.45) is 0 Å². The molecule has 6 heteroatoms. The van der Waals surface area contributed by atoms with Crippen LogP contribution in [0.4, 0.5) is 5.69 Å². The number of rotatable bonds is 4. The molecule has 23 heavy (non-hydrogen) atoms. The third-order valence-corrected chi connectivity index (χ3v) is 3.95. The van der Waals surface area contributed by atoms with Crippen LogP contribution in [0.15, 0.2) is 42.6 Å². The molecule has 1 aromatic carbocycles. The largest absolute Gasteiger partial charge is 0.399 e. The van der Waals surface area contributed by atoms with Crippen LogP contribution in [-0.2, 0) is 13.0 Å². The second kappa shape index (κ2) is 6.30. The van der Waals surface area contributed by atoms with E-state index in [1.54, 1.807) is 22.7 Å². The van der Waals surface area contributed by atoms with Crippen LogP contribution in [0.1, 0.15) is 28.7 Å². The van der Waals surface area contributed by atoms with Crippen LogP contribution in [0.3, 0.4) is 0 Å². The van der Waals surface area contributed by atoms with Gasteiger partial charge in [-0.1, -0.05) is 30.7 Å². The fourth-order valence-corrected chi connectivity index (χ4v) is 2.68. The lowest BCUT2D eigenvalue weighted by molar-refractivity contribution is 0.0944. The Morgan fingerprint density at radius 3 is 2.74 bits per heavy atom. The number of carbonyl (C=O) groups is 1. The van der Waals surface area contributed by atoms with E-state index >= 15 is 0 Å². The van der Waals surface area contributed by atoms with Crippen molar-refractivity contribution in [2.75, 3.05) is 5.73 Å². The van der Waals surface area contributed by atoms with Gasteiger partial charge in [-0.15, -0.1) is 0 Å². The van der Waals surface area contributed by atoms with Crippen LogP contribution in [-0.4, -0.2) is 15.3 Å². The number of aromatic nitrogens is 2. The second-order valence-corrected chi connectivity index (χ2v) is 5.64. The van der Waals surface area contributed by atoms with Gasteiger partial charge in [0.15, 0.2) is 5.65 Å². The zero-order valence-corrected chi connectivity index (χ0v) is 13.5. The Labute approximate surface area is 139 Å². The van der Waals surface area contributed by atoms with Gasteiger partial charge >= 0.3 is 0 Å². The Balaban J connectivity index is 1.88. The summed E-state index contributed by atoms with van der Waals surface area (Å²) in [7, 11) is 0. The summed E-state index contributed by atoms with van der Waals surface area (Å²) in [6, 6.07) is 11.0. The Kier molecular flexibility index (Phi) is 4.21. The lowest BCUT2D eigenvalue weighted by Gasteiger charge is -2.07. The van der Waals surface area contributed by atoms with Crippen molar-refractivity contribution in [2.45, 2.75) is 19.9 Å². The fraction of sp³-hybridized carbons (Fsp3) is 0.176. The van der Waals surface area contributed by atoms with Crippen LogP contribution < -0.4 is 11.1 Å². The van der Waals surface area contributed by atoms with Crippen molar-refractivity contribution in [3.8, 4) is 0 Å². The molecule has 0 saturated heterocycles. The zero-order valence-electron chi connectivity index (χ0n) is 12.7. The van der Waals surface area contributed by atoms with Gasteiger partial charge in [-0.25, -0.2) is 4.98 Å². The highest BCUT2D eigenvalue weighted by atomic mass is 35.5. The van der Waals surface area contributed by atoms with Gasteiger partial charge in [-0.05, 0) is 36.2 Å². The summed E-state index contributed by atoms with van der Waals surface area (Å²) in [6.45, 7) is 2.39. The minimum atomic E-state index is -0.173. The van der Waals surface area contributed by atoms with Crippen molar-refractivity contribution in [1.29, 1.82) is 0 Å². The standard InChI is InChI=1S/C17H17ClN4O/c1-2-14-15(22-9-3-4-13(18)16(22)21-14)17(23)20-10-11-5-7-12(19)8-6-11/h3-9H,2,10,19H2,1H3,(H,20,23). The number of hydrogen-bond donors (Lipinski definition) is 2. The summed E-state index contributed by atoms with van der Waals surface area (Å²) in [5, 5.41) is 3.45. The van der Waals surface area contributed by atoms with Gasteiger partial charge in [0.25, 0.3) is 5.91 Å². The highest BCUT2D eigenvalue weighted by Crippen LogP contribution is 2.20. The molecular weight excluding hydrogens is 312 g/mol. The van der Waals surface area contributed by atoms with E-state index in [-0.39, 0.29) is 5.91 Å². The topological polar surface area (TPSA) is 72.4 Å². The number of pyridine rings is 1. The highest BCUT2D eigenvalue weighted by molar-refractivity contribution is 6.33. The number of imidazole rings is 1. The van der Waals surface area contributed by atoms with Crippen LogP contribution in [0.25, 0.3) is 5.65 Å². The molecule has 1 amide bonds. The molecule has 0 spiro atoms. The first-order valence-electron chi connectivity index (χ1n) is 7.38. The van der Waals surface area contributed by atoms with E-state index in [0.29, 0.717) is 35.0 Å². The van der Waals surface area contributed by atoms with Gasteiger partial charge in [0.05, 0.1) is 10.7 Å². The van der Waals surface area contributed by atoms with E-state index in [1.165, 1.54) is 0 Å². The van der Waals surface area contributed by atoms with Crippen molar-refractivity contribution in [1.82, 2.24) is 14.7 Å². The molecule has 3 aromatic rings. The van der Waals surface area contributed by atoms with Crippen molar-refractivity contribution < 1.29 is 4.79 Å². The van der Waals surface area contributed by atoms with Gasteiger partial charge in [-0.2, -0.15) is 0 Å². The predicted molar refractivity (Wildman–Crippen MR) is 91.6 cm³/mol. The van der Waals surface area contributed by atoms with Crippen LogP contribution in [0, 0.1) is 0 Å². The van der Waals surface area contributed by atoms with Crippen molar-refractivity contribution in [3.63, 3.8) is 0 Å². The molecule has 118 valence electrons. The SMILES string of the molecule is CCc1nc2c(Cl)cccn2c1C(=O)NCc1ccc(N)cc1. The minimum absolute atomic E-state index is 0.173. The summed E-state index contributed by atoms with van der Waals surface area (Å²) >= 11 is 6.16. The maximum absolute atomic E-state index is 12.6. The zero-order chi connectivity index (χ0) is 16.4. The van der Waals surface area contributed by atoms with E-state index in [0.717, 1.165) is 11.3 Å². The number of aryl methyl sites for hydroxylation is 1. The number of carbonyl (C=O) groups excluding carboxylic acids is 1. The van der Waals surface area contributed by atoms with Crippen molar-refractivity contribution in [3.05, 3.63) is 64.6 Å². The number of nitrogen functional groups attached to an aromatic ring is 1. The first kappa shape index (κ1) is 15.4. The molecule has 0 aliphatic carbocycles. The summed E-state index contributed by atoms with van der Waals surface area (Å²) in [5.74, 6) is -0.173. The summed E-state index contributed by atoms with van der Waals surface area (Å²) in [5.41, 5.74) is 9.20. The first-order chi connectivity index (χ1) is 11.1. The van der Waals surface area contributed by atoms with Crippen LogP contribution in [0.2, 0.25) is 5.02 Å². The number of nitrogens with two attached hydrogens (primary N) is 1. The van der Waals surface area contributed by atoms with Crippen molar-refractivity contribution >= 4 is 28.8 Å². The number of nitrogens with one attached hydrogen (secondary N) is 1. The maximum atomic E-state index is 12.6. The molecule has 0 fully saturated rings. The molecular formula is C17H17ClN4O. The smallest absolute Gasteiger partial charge is 0.270 e. The summed E-state index contributed by atoms with van der Waals surface area (Å²) in [6.07, 6.45) is 2.45. The Morgan fingerprint density at radius 1 is 1.30 bits per heavy atom. The third-order valence-electron chi connectivity index (χ3n) is 3.66.